The summed E-state index contributed by atoms with van der Waals surface area (Å²) in [6.07, 6.45) is 0.804. The molecule has 0 fully saturated rings. The Labute approximate surface area is 84.3 Å². The smallest absolute Gasteiger partial charge is 0.153 e. The fraction of sp³-hybridized carbons (Fsp3) is 0.364. The highest BCUT2D eigenvalue weighted by molar-refractivity contribution is 5.79. The summed E-state index contributed by atoms with van der Waals surface area (Å²) in [5.74, 6) is 0.638. The molecule has 14 heavy (non-hydrogen) atoms. The maximum atomic E-state index is 10.6. The van der Waals surface area contributed by atoms with Crippen LogP contribution in [0, 0.1) is 0 Å². The molecule has 3 heteroatoms. The third kappa shape index (κ3) is 2.57. The number of benzene rings is 1. The molecule has 0 radical (unpaired) electrons. The predicted molar refractivity (Wildman–Crippen MR) is 55.8 cm³/mol. The van der Waals surface area contributed by atoms with E-state index >= 15 is 0 Å². The van der Waals surface area contributed by atoms with Crippen molar-refractivity contribution in [1.29, 1.82) is 0 Å². The van der Waals surface area contributed by atoms with Gasteiger partial charge in [0.25, 0.3) is 0 Å². The molecule has 0 saturated heterocycles. The summed E-state index contributed by atoms with van der Waals surface area (Å²) in [5.41, 5.74) is 1.73. The van der Waals surface area contributed by atoms with Gasteiger partial charge in [-0.1, -0.05) is 6.07 Å². The number of nitrogens with zero attached hydrogens (tertiary/aromatic N) is 1. The third-order valence-corrected chi connectivity index (χ3v) is 1.92. The zero-order chi connectivity index (χ0) is 10.6. The SMILES string of the molecule is COc1cc(CN(C)C)ccc1C=O. The minimum atomic E-state index is 0.593. The first-order valence-electron chi connectivity index (χ1n) is 4.44. The quantitative estimate of drug-likeness (QED) is 0.680. The molecule has 3 nitrogen and oxygen atoms in total. The van der Waals surface area contributed by atoms with Crippen LogP contribution in [0.1, 0.15) is 15.9 Å². The Kier molecular flexibility index (Phi) is 3.65. The Bertz CT molecular complexity index is 321. The monoisotopic (exact) mass is 193 g/mol. The molecule has 0 unspecified atom stereocenters. The number of carbonyl (C=O) groups excluding carboxylic acids is 1. The van der Waals surface area contributed by atoms with E-state index < -0.39 is 0 Å². The molecule has 0 N–H and O–H groups in total. The molecule has 1 rings (SSSR count). The van der Waals surface area contributed by atoms with Crippen molar-refractivity contribution in [3.8, 4) is 5.75 Å². The standard InChI is InChI=1S/C11H15NO2/c1-12(2)7-9-4-5-10(8-13)11(6-9)14-3/h4-6,8H,7H2,1-3H3. The van der Waals surface area contributed by atoms with Crippen LogP contribution in [0.5, 0.6) is 5.75 Å². The van der Waals surface area contributed by atoms with Crippen molar-refractivity contribution in [1.82, 2.24) is 4.90 Å². The second-order valence-corrected chi connectivity index (χ2v) is 3.43. The molecule has 0 spiro atoms. The van der Waals surface area contributed by atoms with Crippen LogP contribution in [0.25, 0.3) is 0 Å². The molecular formula is C11H15NO2. The maximum absolute atomic E-state index is 10.6. The van der Waals surface area contributed by atoms with Crippen LogP contribution < -0.4 is 4.74 Å². The van der Waals surface area contributed by atoms with E-state index in [-0.39, 0.29) is 0 Å². The van der Waals surface area contributed by atoms with Gasteiger partial charge < -0.3 is 9.64 Å². The Morgan fingerprint density at radius 3 is 2.64 bits per heavy atom. The van der Waals surface area contributed by atoms with Gasteiger partial charge in [0.2, 0.25) is 0 Å². The zero-order valence-electron chi connectivity index (χ0n) is 8.78. The number of ether oxygens (including phenoxy) is 1. The molecule has 0 aliphatic carbocycles. The van der Waals surface area contributed by atoms with Crippen molar-refractivity contribution in [3.63, 3.8) is 0 Å². The lowest BCUT2D eigenvalue weighted by molar-refractivity contribution is 0.112. The fourth-order valence-electron chi connectivity index (χ4n) is 1.32. The van der Waals surface area contributed by atoms with Crippen molar-refractivity contribution in [3.05, 3.63) is 29.3 Å². The van der Waals surface area contributed by atoms with Gasteiger partial charge in [-0.2, -0.15) is 0 Å². The lowest BCUT2D eigenvalue weighted by Gasteiger charge is -2.11. The second kappa shape index (κ2) is 4.77. The number of methoxy groups -OCH3 is 1. The number of hydrogen-bond donors (Lipinski definition) is 0. The number of aldehydes is 1. The van der Waals surface area contributed by atoms with Crippen LogP contribution in [-0.2, 0) is 6.54 Å². The molecule has 0 aliphatic heterocycles. The third-order valence-electron chi connectivity index (χ3n) is 1.92. The van der Waals surface area contributed by atoms with E-state index in [0.29, 0.717) is 11.3 Å². The summed E-state index contributed by atoms with van der Waals surface area (Å²) in [4.78, 5) is 12.7. The van der Waals surface area contributed by atoms with Gasteiger partial charge >= 0.3 is 0 Å². The summed E-state index contributed by atoms with van der Waals surface area (Å²) in [6, 6.07) is 5.61. The Morgan fingerprint density at radius 2 is 2.14 bits per heavy atom. The molecule has 0 atom stereocenters. The first-order valence-corrected chi connectivity index (χ1v) is 4.44. The molecule has 1 aromatic carbocycles. The number of hydrogen-bond acceptors (Lipinski definition) is 3. The van der Waals surface area contributed by atoms with E-state index in [1.54, 1.807) is 13.2 Å². The average Bonchev–Trinajstić information content (AvgIpc) is 2.16. The first-order chi connectivity index (χ1) is 6.67. The summed E-state index contributed by atoms with van der Waals surface area (Å²) < 4.78 is 5.11. The highest BCUT2D eigenvalue weighted by Crippen LogP contribution is 2.18. The number of carbonyl (C=O) groups is 1. The van der Waals surface area contributed by atoms with E-state index in [0.717, 1.165) is 18.4 Å². The topological polar surface area (TPSA) is 29.5 Å². The van der Waals surface area contributed by atoms with Crippen LogP contribution in [-0.4, -0.2) is 32.4 Å². The van der Waals surface area contributed by atoms with E-state index in [4.69, 9.17) is 4.74 Å². The lowest BCUT2D eigenvalue weighted by Crippen LogP contribution is -2.10. The van der Waals surface area contributed by atoms with Crippen molar-refractivity contribution in [2.24, 2.45) is 0 Å². The Balaban J connectivity index is 2.95. The first kappa shape index (κ1) is 10.7. The molecule has 0 saturated carbocycles. The average molecular weight is 193 g/mol. The molecule has 76 valence electrons. The van der Waals surface area contributed by atoms with Gasteiger partial charge in [-0.3, -0.25) is 4.79 Å². The van der Waals surface area contributed by atoms with Crippen LogP contribution in [0.4, 0.5) is 0 Å². The molecule has 0 amide bonds. The van der Waals surface area contributed by atoms with Crippen molar-refractivity contribution in [2.75, 3.05) is 21.2 Å². The van der Waals surface area contributed by atoms with Gasteiger partial charge in [0, 0.05) is 6.54 Å². The minimum absolute atomic E-state index is 0.593. The largest absolute Gasteiger partial charge is 0.496 e. The van der Waals surface area contributed by atoms with Crippen LogP contribution in [0.3, 0.4) is 0 Å². The summed E-state index contributed by atoms with van der Waals surface area (Å²) in [5, 5.41) is 0. The molecular weight excluding hydrogens is 178 g/mol. The Hall–Kier alpha value is -1.35. The van der Waals surface area contributed by atoms with Gasteiger partial charge in [-0.25, -0.2) is 0 Å². The van der Waals surface area contributed by atoms with E-state index in [9.17, 15) is 4.79 Å². The molecule has 0 aromatic heterocycles. The van der Waals surface area contributed by atoms with E-state index in [2.05, 4.69) is 4.90 Å². The van der Waals surface area contributed by atoms with Crippen molar-refractivity contribution >= 4 is 6.29 Å². The lowest BCUT2D eigenvalue weighted by atomic mass is 10.1. The summed E-state index contributed by atoms with van der Waals surface area (Å²) >= 11 is 0. The Morgan fingerprint density at radius 1 is 1.43 bits per heavy atom. The van der Waals surface area contributed by atoms with Gasteiger partial charge in [0.15, 0.2) is 6.29 Å². The summed E-state index contributed by atoms with van der Waals surface area (Å²) in [7, 11) is 5.57. The minimum Gasteiger partial charge on any atom is -0.496 e. The van der Waals surface area contributed by atoms with E-state index in [1.165, 1.54) is 0 Å². The normalized spacial score (nSPS) is 10.3. The molecule has 0 heterocycles. The van der Waals surface area contributed by atoms with Gasteiger partial charge in [0.1, 0.15) is 5.75 Å². The second-order valence-electron chi connectivity index (χ2n) is 3.43. The fourth-order valence-corrected chi connectivity index (χ4v) is 1.32. The maximum Gasteiger partial charge on any atom is 0.153 e. The summed E-state index contributed by atoms with van der Waals surface area (Å²) in [6.45, 7) is 0.843. The van der Waals surface area contributed by atoms with E-state index in [1.807, 2.05) is 26.2 Å². The van der Waals surface area contributed by atoms with Crippen molar-refractivity contribution < 1.29 is 9.53 Å². The van der Waals surface area contributed by atoms with Crippen molar-refractivity contribution in [2.45, 2.75) is 6.54 Å². The van der Waals surface area contributed by atoms with Crippen LogP contribution >= 0.6 is 0 Å². The van der Waals surface area contributed by atoms with Crippen LogP contribution in [0.15, 0.2) is 18.2 Å². The highest BCUT2D eigenvalue weighted by atomic mass is 16.5. The van der Waals surface area contributed by atoms with Gasteiger partial charge in [-0.15, -0.1) is 0 Å². The highest BCUT2D eigenvalue weighted by Gasteiger charge is 2.03. The zero-order valence-corrected chi connectivity index (χ0v) is 8.78. The predicted octanol–water partition coefficient (Wildman–Crippen LogP) is 1.57. The molecule has 0 bridgehead atoms. The van der Waals surface area contributed by atoms with Crippen LogP contribution in [0.2, 0.25) is 0 Å². The van der Waals surface area contributed by atoms with Gasteiger partial charge in [-0.05, 0) is 31.8 Å². The molecule has 1 aromatic rings. The number of rotatable bonds is 4. The molecule has 0 aliphatic rings. The van der Waals surface area contributed by atoms with Gasteiger partial charge in [0.05, 0.1) is 12.7 Å².